The third-order valence-electron chi connectivity index (χ3n) is 13.0. The van der Waals surface area contributed by atoms with Crippen LogP contribution in [0.4, 0.5) is 17.1 Å². The molecule has 0 fully saturated rings. The molecular weight excluding hydrogens is 797 g/mol. The average Bonchev–Trinajstić information content (AvgIpc) is 3.73. The van der Waals surface area contributed by atoms with Gasteiger partial charge in [-0.3, -0.25) is 0 Å². The van der Waals surface area contributed by atoms with Gasteiger partial charge >= 0.3 is 0 Å². The Bertz CT molecular complexity index is 3680. The van der Waals surface area contributed by atoms with E-state index in [-0.39, 0.29) is 0 Å². The molecule has 1 heterocycles. The molecule has 0 saturated carbocycles. The summed E-state index contributed by atoms with van der Waals surface area (Å²) in [7, 11) is 0. The smallest absolute Gasteiger partial charge is 0.0541 e. The molecule has 0 radical (unpaired) electrons. The van der Waals surface area contributed by atoms with Gasteiger partial charge in [0.2, 0.25) is 0 Å². The summed E-state index contributed by atoms with van der Waals surface area (Å²) in [6.07, 6.45) is 0. The highest BCUT2D eigenvalue weighted by Crippen LogP contribution is 2.45. The maximum atomic E-state index is 2.41. The van der Waals surface area contributed by atoms with Crippen LogP contribution in [0.3, 0.4) is 0 Å². The highest BCUT2D eigenvalue weighted by atomic mass is 15.1. The van der Waals surface area contributed by atoms with Crippen LogP contribution in [0, 0.1) is 0 Å². The minimum atomic E-state index is 1.08. The number of aromatic nitrogens is 1. The molecule has 0 saturated heterocycles. The lowest BCUT2D eigenvalue weighted by Gasteiger charge is -2.29. The normalized spacial score (nSPS) is 11.3. The topological polar surface area (TPSA) is 8.17 Å². The van der Waals surface area contributed by atoms with E-state index in [0.717, 1.165) is 28.3 Å². The van der Waals surface area contributed by atoms with Crippen LogP contribution in [0.2, 0.25) is 0 Å². The number of hydrogen-bond acceptors (Lipinski definition) is 1. The van der Waals surface area contributed by atoms with E-state index in [0.29, 0.717) is 0 Å². The molecule has 0 aliphatic heterocycles. The first-order valence-electron chi connectivity index (χ1n) is 22.7. The summed E-state index contributed by atoms with van der Waals surface area (Å²) in [5.74, 6) is 0. The number of rotatable bonds is 9. The lowest BCUT2D eigenvalue weighted by atomic mass is 9.93. The van der Waals surface area contributed by atoms with E-state index >= 15 is 0 Å². The fourth-order valence-electron chi connectivity index (χ4n) is 9.77. The van der Waals surface area contributed by atoms with Gasteiger partial charge in [0, 0.05) is 33.4 Å². The number of nitrogens with zero attached hydrogens (tertiary/aromatic N) is 2. The third kappa shape index (κ3) is 7.12. The monoisotopic (exact) mass is 840 g/mol. The number of para-hydroxylation sites is 3. The summed E-state index contributed by atoms with van der Waals surface area (Å²) in [6.45, 7) is 0. The van der Waals surface area contributed by atoms with Crippen molar-refractivity contribution in [2.45, 2.75) is 0 Å². The van der Waals surface area contributed by atoms with E-state index in [1.54, 1.807) is 0 Å². The Balaban J connectivity index is 0.954. The summed E-state index contributed by atoms with van der Waals surface area (Å²) in [5.41, 5.74) is 18.7. The predicted molar refractivity (Wildman–Crippen MR) is 280 cm³/mol. The van der Waals surface area contributed by atoms with Crippen LogP contribution < -0.4 is 4.90 Å². The molecule has 0 atom stereocenters. The molecule has 0 bridgehead atoms. The lowest BCUT2D eigenvalue weighted by molar-refractivity contribution is 1.18. The fraction of sp³-hybridized carbons (Fsp3) is 0. The van der Waals surface area contributed by atoms with E-state index in [1.165, 1.54) is 82.6 Å². The van der Waals surface area contributed by atoms with Crippen molar-refractivity contribution in [2.75, 3.05) is 4.90 Å². The zero-order chi connectivity index (χ0) is 43.8. The number of benzene rings is 11. The standard InChI is InChI=1S/C64H44N2/c1-3-17-48(18-4-1)57-24-9-10-25-58(57)59-26-11-13-28-62(59)65(55-37-32-46(33-38-55)50-20-15-21-51(42-50)52-31-30-45-16-7-8-19-49(45)43-52)56-39-34-47(35-40-56)53-36-41-64-61(44-53)60-27-12-14-29-63(60)66(64)54-22-5-2-6-23-54/h1-44H. The first-order valence-corrected chi connectivity index (χ1v) is 22.7. The van der Waals surface area contributed by atoms with Crippen molar-refractivity contribution in [3.63, 3.8) is 0 Å². The molecule has 66 heavy (non-hydrogen) atoms. The molecule has 310 valence electrons. The zero-order valence-corrected chi connectivity index (χ0v) is 36.3. The van der Waals surface area contributed by atoms with Gasteiger partial charge in [0.25, 0.3) is 0 Å². The van der Waals surface area contributed by atoms with Gasteiger partial charge in [-0.1, -0.05) is 194 Å². The minimum absolute atomic E-state index is 1.08. The van der Waals surface area contributed by atoms with Crippen molar-refractivity contribution >= 4 is 49.6 Å². The van der Waals surface area contributed by atoms with Gasteiger partial charge in [-0.2, -0.15) is 0 Å². The van der Waals surface area contributed by atoms with Gasteiger partial charge in [0.1, 0.15) is 0 Å². The summed E-state index contributed by atoms with van der Waals surface area (Å²) in [6, 6.07) is 96.9. The van der Waals surface area contributed by atoms with Crippen molar-refractivity contribution < 1.29 is 0 Å². The first-order chi connectivity index (χ1) is 32.7. The van der Waals surface area contributed by atoms with Crippen molar-refractivity contribution in [2.24, 2.45) is 0 Å². The maximum absolute atomic E-state index is 2.41. The van der Waals surface area contributed by atoms with Crippen LogP contribution in [-0.4, -0.2) is 4.57 Å². The molecule has 12 aromatic rings. The molecule has 0 N–H and O–H groups in total. The van der Waals surface area contributed by atoms with Crippen molar-refractivity contribution in [3.05, 3.63) is 267 Å². The molecule has 0 unspecified atom stereocenters. The van der Waals surface area contributed by atoms with Crippen LogP contribution in [-0.2, 0) is 0 Å². The van der Waals surface area contributed by atoms with Gasteiger partial charge in [0.05, 0.1) is 16.7 Å². The molecule has 11 aromatic carbocycles. The second kappa shape index (κ2) is 16.8. The summed E-state index contributed by atoms with van der Waals surface area (Å²) in [5, 5.41) is 4.99. The predicted octanol–water partition coefficient (Wildman–Crippen LogP) is 17.7. The second-order valence-corrected chi connectivity index (χ2v) is 16.9. The Morgan fingerprint density at radius 3 is 1.50 bits per heavy atom. The van der Waals surface area contributed by atoms with Crippen molar-refractivity contribution in [3.8, 4) is 61.3 Å². The molecule has 0 spiro atoms. The van der Waals surface area contributed by atoms with Crippen LogP contribution in [0.1, 0.15) is 0 Å². The molecule has 0 aliphatic carbocycles. The quantitative estimate of drug-likeness (QED) is 0.141. The highest BCUT2D eigenvalue weighted by molar-refractivity contribution is 6.10. The van der Waals surface area contributed by atoms with E-state index in [9.17, 15) is 0 Å². The molecule has 12 rings (SSSR count). The third-order valence-corrected chi connectivity index (χ3v) is 13.0. The SMILES string of the molecule is c1ccc(-c2ccccc2-c2ccccc2N(c2ccc(-c3cccc(-c4ccc5ccccc5c4)c3)cc2)c2ccc(-c3ccc4c(c3)c3ccccc3n4-c3ccccc3)cc2)cc1. The number of fused-ring (bicyclic) bond motifs is 4. The van der Waals surface area contributed by atoms with Gasteiger partial charge in [-0.15, -0.1) is 0 Å². The van der Waals surface area contributed by atoms with Gasteiger partial charge < -0.3 is 9.47 Å². The number of anilines is 3. The van der Waals surface area contributed by atoms with Crippen LogP contribution in [0.5, 0.6) is 0 Å². The number of hydrogen-bond donors (Lipinski definition) is 0. The van der Waals surface area contributed by atoms with Crippen molar-refractivity contribution in [1.82, 2.24) is 4.57 Å². The molecule has 2 nitrogen and oxygen atoms in total. The first kappa shape index (κ1) is 38.9. The Kier molecular flexibility index (Phi) is 9.89. The Morgan fingerprint density at radius 1 is 0.258 bits per heavy atom. The Hall–Kier alpha value is -8.72. The molecule has 1 aromatic heterocycles. The van der Waals surface area contributed by atoms with Crippen LogP contribution in [0.25, 0.3) is 93.9 Å². The van der Waals surface area contributed by atoms with Crippen LogP contribution in [0.15, 0.2) is 267 Å². The van der Waals surface area contributed by atoms with Crippen molar-refractivity contribution in [1.29, 1.82) is 0 Å². The van der Waals surface area contributed by atoms with Gasteiger partial charge in [-0.25, -0.2) is 0 Å². The molecule has 2 heteroatoms. The van der Waals surface area contributed by atoms with Crippen LogP contribution >= 0.6 is 0 Å². The summed E-state index contributed by atoms with van der Waals surface area (Å²) < 4.78 is 2.37. The highest BCUT2D eigenvalue weighted by Gasteiger charge is 2.20. The average molecular weight is 841 g/mol. The fourth-order valence-corrected chi connectivity index (χ4v) is 9.77. The minimum Gasteiger partial charge on any atom is -0.310 e. The molecule has 0 amide bonds. The molecule has 0 aliphatic rings. The van der Waals surface area contributed by atoms with E-state index in [1.807, 2.05) is 0 Å². The summed E-state index contributed by atoms with van der Waals surface area (Å²) in [4.78, 5) is 2.41. The maximum Gasteiger partial charge on any atom is 0.0541 e. The Labute approximate surface area is 385 Å². The summed E-state index contributed by atoms with van der Waals surface area (Å²) >= 11 is 0. The Morgan fingerprint density at radius 2 is 0.758 bits per heavy atom. The van der Waals surface area contributed by atoms with E-state index in [4.69, 9.17) is 0 Å². The van der Waals surface area contributed by atoms with Gasteiger partial charge in [0.15, 0.2) is 0 Å². The van der Waals surface area contributed by atoms with Gasteiger partial charge in [-0.05, 0) is 134 Å². The van der Waals surface area contributed by atoms with E-state index in [2.05, 4.69) is 276 Å². The largest absolute Gasteiger partial charge is 0.310 e. The lowest BCUT2D eigenvalue weighted by Crippen LogP contribution is -2.11. The van der Waals surface area contributed by atoms with E-state index < -0.39 is 0 Å². The second-order valence-electron chi connectivity index (χ2n) is 16.9. The zero-order valence-electron chi connectivity index (χ0n) is 36.3. The molecular formula is C64H44N2.